The monoisotopic (exact) mass is 657 g/mol. The summed E-state index contributed by atoms with van der Waals surface area (Å²) < 4.78 is 12.3. The van der Waals surface area contributed by atoms with E-state index in [4.69, 9.17) is 32.7 Å². The molecule has 0 N–H and O–H groups in total. The number of carbonyl (C=O) groups excluding carboxylic acids is 2. The first-order valence-electron chi connectivity index (χ1n) is 16.0. The second-order valence-corrected chi connectivity index (χ2v) is 15.1. The lowest BCUT2D eigenvalue weighted by atomic mass is 9.63. The van der Waals surface area contributed by atoms with Crippen LogP contribution >= 0.6 is 23.2 Å². The maximum absolute atomic E-state index is 14.3. The minimum Gasteiger partial charge on any atom is -0.490 e. The van der Waals surface area contributed by atoms with E-state index in [1.165, 1.54) is 0 Å². The van der Waals surface area contributed by atoms with Gasteiger partial charge in [0.25, 0.3) is 0 Å². The molecule has 5 nitrogen and oxygen atoms in total. The summed E-state index contributed by atoms with van der Waals surface area (Å²) >= 11 is 13.1. The largest absolute Gasteiger partial charge is 0.490 e. The minimum absolute atomic E-state index is 0.0793. The highest BCUT2D eigenvalue weighted by Crippen LogP contribution is 2.56. The Morgan fingerprint density at radius 1 is 0.761 bits per heavy atom. The van der Waals surface area contributed by atoms with Crippen LogP contribution in [-0.2, 0) is 22.7 Å². The van der Waals surface area contributed by atoms with Gasteiger partial charge < -0.3 is 14.4 Å². The highest BCUT2D eigenvalue weighted by atomic mass is 35.5. The summed E-state index contributed by atoms with van der Waals surface area (Å²) in [5.41, 5.74) is 5.85. The van der Waals surface area contributed by atoms with Gasteiger partial charge in [-0.1, -0.05) is 93.4 Å². The highest BCUT2D eigenvalue weighted by Gasteiger charge is 2.49. The Bertz CT molecular complexity index is 1680. The fraction of sp³-hybridized carbons (Fsp3) is 0.385. The molecule has 0 spiro atoms. The van der Waals surface area contributed by atoms with Gasteiger partial charge in [0, 0.05) is 52.9 Å². The van der Waals surface area contributed by atoms with Crippen LogP contribution in [0.1, 0.15) is 82.9 Å². The molecule has 0 fully saturated rings. The third-order valence-corrected chi connectivity index (χ3v) is 9.70. The molecule has 3 aliphatic rings. The molecule has 0 bridgehead atoms. The van der Waals surface area contributed by atoms with Crippen LogP contribution in [-0.4, -0.2) is 23.1 Å². The van der Waals surface area contributed by atoms with E-state index in [0.717, 1.165) is 40.9 Å². The Morgan fingerprint density at radius 2 is 1.35 bits per heavy atom. The van der Waals surface area contributed by atoms with Crippen molar-refractivity contribution in [1.82, 2.24) is 4.90 Å². The van der Waals surface area contributed by atoms with Crippen molar-refractivity contribution in [3.05, 3.63) is 116 Å². The number of ketones is 2. The summed E-state index contributed by atoms with van der Waals surface area (Å²) in [6.07, 6.45) is 2.30. The van der Waals surface area contributed by atoms with Crippen LogP contribution in [0.15, 0.2) is 89.3 Å². The molecule has 0 amide bonds. The summed E-state index contributed by atoms with van der Waals surface area (Å²) in [7, 11) is 0. The van der Waals surface area contributed by atoms with Crippen molar-refractivity contribution in [3.8, 4) is 11.5 Å². The average molecular weight is 659 g/mol. The number of carbonyl (C=O) groups is 2. The van der Waals surface area contributed by atoms with E-state index in [2.05, 4.69) is 44.7 Å². The number of benzene rings is 3. The van der Waals surface area contributed by atoms with Crippen molar-refractivity contribution < 1.29 is 19.1 Å². The van der Waals surface area contributed by atoms with Crippen molar-refractivity contribution in [1.29, 1.82) is 0 Å². The SMILES string of the molecule is CCOc1cc(C2C3=C(CC(C)(C)CC3=O)N(Cc3ccccc3)C3=C2C(=O)CC(C)(C)C3)cc(Cl)c1OCc1ccc(Cl)cc1. The van der Waals surface area contributed by atoms with Gasteiger partial charge in [-0.25, -0.2) is 0 Å². The molecule has 0 aromatic heterocycles. The number of ether oxygens (including phenoxy) is 2. The number of nitrogens with zero attached hydrogens (tertiary/aromatic N) is 1. The number of halogens is 2. The van der Waals surface area contributed by atoms with E-state index in [-0.39, 0.29) is 29.0 Å². The van der Waals surface area contributed by atoms with Gasteiger partial charge in [0.05, 0.1) is 11.6 Å². The molecule has 0 saturated carbocycles. The van der Waals surface area contributed by atoms with Gasteiger partial charge >= 0.3 is 0 Å². The molecule has 240 valence electrons. The number of hydrogen-bond acceptors (Lipinski definition) is 5. The molecule has 1 heterocycles. The summed E-state index contributed by atoms with van der Waals surface area (Å²) in [5, 5.41) is 1.03. The molecule has 0 unspecified atom stereocenters. The lowest BCUT2D eigenvalue weighted by molar-refractivity contribution is -0.119. The first-order valence-corrected chi connectivity index (χ1v) is 16.8. The number of hydrogen-bond donors (Lipinski definition) is 0. The molecule has 3 aromatic carbocycles. The van der Waals surface area contributed by atoms with E-state index >= 15 is 0 Å². The predicted octanol–water partition coefficient (Wildman–Crippen LogP) is 9.86. The maximum atomic E-state index is 14.3. The van der Waals surface area contributed by atoms with Crippen LogP contribution in [0.25, 0.3) is 0 Å². The fourth-order valence-corrected chi connectivity index (χ4v) is 7.63. The Labute approximate surface area is 282 Å². The van der Waals surface area contributed by atoms with Gasteiger partial charge in [-0.05, 0) is 71.6 Å². The quantitative estimate of drug-likeness (QED) is 0.241. The zero-order chi connectivity index (χ0) is 32.8. The minimum atomic E-state index is -0.536. The Hall–Kier alpha value is -3.54. The lowest BCUT2D eigenvalue weighted by Gasteiger charge is -2.49. The smallest absolute Gasteiger partial charge is 0.180 e. The van der Waals surface area contributed by atoms with Crippen LogP contribution in [0.4, 0.5) is 0 Å². The third-order valence-electron chi connectivity index (χ3n) is 9.17. The normalized spacial score (nSPS) is 19.2. The van der Waals surface area contributed by atoms with E-state index < -0.39 is 5.92 Å². The van der Waals surface area contributed by atoms with Crippen molar-refractivity contribution >= 4 is 34.8 Å². The van der Waals surface area contributed by atoms with Gasteiger partial charge in [-0.2, -0.15) is 0 Å². The van der Waals surface area contributed by atoms with Crippen molar-refractivity contribution in [3.63, 3.8) is 0 Å². The predicted molar refractivity (Wildman–Crippen MR) is 183 cm³/mol. The van der Waals surface area contributed by atoms with Gasteiger partial charge in [0.2, 0.25) is 0 Å². The zero-order valence-electron chi connectivity index (χ0n) is 27.2. The number of allylic oxidation sites excluding steroid dienone is 4. The van der Waals surface area contributed by atoms with Crippen molar-refractivity contribution in [2.75, 3.05) is 6.61 Å². The molecule has 6 rings (SSSR count). The summed E-state index contributed by atoms with van der Waals surface area (Å²) in [5.74, 6) is 0.541. The van der Waals surface area contributed by atoms with Gasteiger partial charge in [-0.3, -0.25) is 9.59 Å². The maximum Gasteiger partial charge on any atom is 0.180 e. The topological polar surface area (TPSA) is 55.8 Å². The van der Waals surface area contributed by atoms with Crippen LogP contribution in [0.2, 0.25) is 10.0 Å². The van der Waals surface area contributed by atoms with Crippen molar-refractivity contribution in [2.24, 2.45) is 10.8 Å². The van der Waals surface area contributed by atoms with Gasteiger partial charge in [0.15, 0.2) is 23.1 Å². The number of Topliss-reactive ketones (excluding diaryl/α,β-unsaturated/α-hetero) is 2. The van der Waals surface area contributed by atoms with E-state index in [1.807, 2.05) is 61.5 Å². The molecular weight excluding hydrogens is 617 g/mol. The standard InChI is InChI=1S/C39H41Cl2NO4/c1-6-45-33-17-26(16-28(41)37(33)46-23-25-12-14-27(40)15-13-25)34-35-29(18-38(2,3)20-31(35)43)42(22-24-10-8-7-9-11-24)30-19-39(4,5)21-32(44)36(30)34/h7-17,34H,6,18-23H2,1-5H3. The molecule has 1 aliphatic heterocycles. The Balaban J connectivity index is 1.51. The average Bonchev–Trinajstić information content (AvgIpc) is 2.97. The molecular formula is C39H41Cl2NO4. The van der Waals surface area contributed by atoms with E-state index in [9.17, 15) is 9.59 Å². The van der Waals surface area contributed by atoms with Gasteiger partial charge in [0.1, 0.15) is 6.61 Å². The second-order valence-electron chi connectivity index (χ2n) is 14.3. The Morgan fingerprint density at radius 3 is 1.91 bits per heavy atom. The molecule has 0 atom stereocenters. The molecule has 0 radical (unpaired) electrons. The molecule has 3 aromatic rings. The molecule has 46 heavy (non-hydrogen) atoms. The number of rotatable bonds is 8. The second kappa shape index (κ2) is 12.6. The third kappa shape index (κ3) is 6.50. The summed E-state index contributed by atoms with van der Waals surface area (Å²) in [6.45, 7) is 11.8. The first kappa shape index (κ1) is 32.4. The lowest BCUT2D eigenvalue weighted by Crippen LogP contribution is -2.44. The molecule has 2 aliphatic carbocycles. The van der Waals surface area contributed by atoms with Crippen LogP contribution in [0, 0.1) is 10.8 Å². The Kier molecular flexibility index (Phi) is 8.86. The zero-order valence-corrected chi connectivity index (χ0v) is 28.7. The fourth-order valence-electron chi connectivity index (χ4n) is 7.23. The summed E-state index contributed by atoms with van der Waals surface area (Å²) in [4.78, 5) is 30.8. The van der Waals surface area contributed by atoms with E-state index in [0.29, 0.717) is 58.7 Å². The highest BCUT2D eigenvalue weighted by molar-refractivity contribution is 6.32. The first-order chi connectivity index (χ1) is 21.9. The van der Waals surface area contributed by atoms with Gasteiger partial charge in [-0.15, -0.1) is 0 Å². The van der Waals surface area contributed by atoms with Crippen LogP contribution in [0.3, 0.4) is 0 Å². The molecule has 0 saturated heterocycles. The van der Waals surface area contributed by atoms with Crippen molar-refractivity contribution in [2.45, 2.75) is 79.4 Å². The molecule has 7 heteroatoms. The summed E-state index contributed by atoms with van der Waals surface area (Å²) in [6, 6.07) is 21.5. The van der Waals surface area contributed by atoms with Crippen LogP contribution < -0.4 is 9.47 Å². The van der Waals surface area contributed by atoms with Crippen LogP contribution in [0.5, 0.6) is 11.5 Å². The van der Waals surface area contributed by atoms with E-state index in [1.54, 1.807) is 0 Å².